The second-order valence-corrected chi connectivity index (χ2v) is 8.71. The van der Waals surface area contributed by atoms with Crippen molar-refractivity contribution in [1.29, 1.82) is 0 Å². The van der Waals surface area contributed by atoms with Gasteiger partial charge in [-0.3, -0.25) is 24.7 Å². The number of hydrogen-bond acceptors (Lipinski definition) is 8. The molecule has 176 valence electrons. The Morgan fingerprint density at radius 3 is 2.39 bits per heavy atom. The normalized spacial score (nSPS) is 23.1. The SMILES string of the molecule is COc1cc([C@H]2C3=C(CCCC3=O)N=C(C)C2C(=O)OC2CCCC2)c([N+](=O)[O-])cc1OC. The van der Waals surface area contributed by atoms with E-state index in [1.807, 2.05) is 0 Å². The summed E-state index contributed by atoms with van der Waals surface area (Å²) in [4.78, 5) is 42.7. The lowest BCUT2D eigenvalue weighted by Gasteiger charge is -2.34. The minimum Gasteiger partial charge on any atom is -0.493 e. The van der Waals surface area contributed by atoms with Gasteiger partial charge in [0.05, 0.1) is 25.2 Å². The fourth-order valence-corrected chi connectivity index (χ4v) is 5.18. The van der Waals surface area contributed by atoms with Crippen molar-refractivity contribution < 1.29 is 28.7 Å². The number of nitrogens with zero attached hydrogens (tertiary/aromatic N) is 2. The molecule has 1 unspecified atom stereocenters. The number of esters is 1. The number of benzene rings is 1. The Hall–Kier alpha value is -3.23. The number of nitro groups is 1. The second kappa shape index (κ2) is 9.33. The number of ether oxygens (including phenoxy) is 3. The van der Waals surface area contributed by atoms with Gasteiger partial charge in [0.15, 0.2) is 17.3 Å². The summed E-state index contributed by atoms with van der Waals surface area (Å²) in [5.41, 5.74) is 1.46. The number of Topliss-reactive ketones (excluding diaryl/α,β-unsaturated/α-hetero) is 1. The van der Waals surface area contributed by atoms with Crippen molar-refractivity contribution in [3.63, 3.8) is 0 Å². The number of aliphatic imine (C=N–C) groups is 1. The number of allylic oxidation sites excluding steroid dienone is 2. The number of methoxy groups -OCH3 is 2. The van der Waals surface area contributed by atoms with Gasteiger partial charge in [0.25, 0.3) is 5.69 Å². The van der Waals surface area contributed by atoms with Crippen molar-refractivity contribution in [3.8, 4) is 11.5 Å². The van der Waals surface area contributed by atoms with Crippen molar-refractivity contribution in [2.24, 2.45) is 10.9 Å². The van der Waals surface area contributed by atoms with E-state index in [1.165, 1.54) is 26.4 Å². The van der Waals surface area contributed by atoms with E-state index in [1.54, 1.807) is 6.92 Å². The summed E-state index contributed by atoms with van der Waals surface area (Å²) in [7, 11) is 2.83. The van der Waals surface area contributed by atoms with Crippen LogP contribution in [-0.2, 0) is 14.3 Å². The highest BCUT2D eigenvalue weighted by atomic mass is 16.6. The standard InChI is InChI=1S/C24H28N2O7/c1-13-21(24(28)33-14-7-4-5-8-14)22(23-16(25-13)9-6-10-18(23)27)15-11-19(31-2)20(32-3)12-17(15)26(29)30/h11-12,14,21-22H,4-10H2,1-3H3/t21?,22-/m1/s1. The largest absolute Gasteiger partial charge is 0.493 e. The quantitative estimate of drug-likeness (QED) is 0.356. The number of carbonyl (C=O) groups is 2. The number of rotatable bonds is 6. The third-order valence-corrected chi connectivity index (χ3v) is 6.74. The van der Waals surface area contributed by atoms with E-state index >= 15 is 0 Å². The van der Waals surface area contributed by atoms with Crippen LogP contribution in [0.2, 0.25) is 0 Å². The first-order valence-corrected chi connectivity index (χ1v) is 11.3. The molecule has 0 bridgehead atoms. The van der Waals surface area contributed by atoms with Gasteiger partial charge in [-0.25, -0.2) is 0 Å². The molecule has 1 aromatic rings. The summed E-state index contributed by atoms with van der Waals surface area (Å²) < 4.78 is 16.5. The summed E-state index contributed by atoms with van der Waals surface area (Å²) in [6.45, 7) is 1.73. The zero-order chi connectivity index (χ0) is 23.7. The van der Waals surface area contributed by atoms with Crippen LogP contribution in [0.4, 0.5) is 5.69 Å². The molecule has 33 heavy (non-hydrogen) atoms. The Kier molecular flexibility index (Phi) is 6.49. The monoisotopic (exact) mass is 456 g/mol. The minimum atomic E-state index is -0.928. The number of hydrogen-bond donors (Lipinski definition) is 0. The molecule has 1 fully saturated rings. The molecule has 0 aromatic heterocycles. The molecule has 4 rings (SSSR count). The zero-order valence-corrected chi connectivity index (χ0v) is 19.1. The van der Waals surface area contributed by atoms with E-state index in [2.05, 4.69) is 4.99 Å². The maximum atomic E-state index is 13.4. The molecule has 2 atom stereocenters. The number of ketones is 1. The second-order valence-electron chi connectivity index (χ2n) is 8.71. The maximum absolute atomic E-state index is 13.4. The molecule has 9 nitrogen and oxygen atoms in total. The van der Waals surface area contributed by atoms with Crippen LogP contribution in [0.1, 0.15) is 63.4 Å². The van der Waals surface area contributed by atoms with Gasteiger partial charge >= 0.3 is 5.97 Å². The first kappa shape index (κ1) is 22.9. The number of carbonyl (C=O) groups excluding carboxylic acids is 2. The predicted octanol–water partition coefficient (Wildman–Crippen LogP) is 4.28. The van der Waals surface area contributed by atoms with Crippen molar-refractivity contribution >= 4 is 23.2 Å². The van der Waals surface area contributed by atoms with Crippen molar-refractivity contribution in [3.05, 3.63) is 39.1 Å². The highest BCUT2D eigenvalue weighted by Crippen LogP contribution is 2.48. The molecule has 9 heteroatoms. The molecule has 0 radical (unpaired) electrons. The maximum Gasteiger partial charge on any atom is 0.315 e. The minimum absolute atomic E-state index is 0.139. The van der Waals surface area contributed by atoms with E-state index < -0.39 is 22.7 Å². The van der Waals surface area contributed by atoms with Crippen LogP contribution in [0.15, 0.2) is 28.4 Å². The smallest absolute Gasteiger partial charge is 0.315 e. The van der Waals surface area contributed by atoms with Gasteiger partial charge in [-0.1, -0.05) is 0 Å². The Balaban J connectivity index is 1.89. The molecule has 3 aliphatic rings. The zero-order valence-electron chi connectivity index (χ0n) is 19.1. The Morgan fingerprint density at radius 1 is 1.09 bits per heavy atom. The molecule has 1 heterocycles. The van der Waals surface area contributed by atoms with Gasteiger partial charge in [0.1, 0.15) is 12.0 Å². The molecular weight excluding hydrogens is 428 g/mol. The van der Waals surface area contributed by atoms with Crippen molar-refractivity contribution in [2.45, 2.75) is 63.9 Å². The van der Waals surface area contributed by atoms with Gasteiger partial charge in [-0.15, -0.1) is 0 Å². The van der Waals surface area contributed by atoms with E-state index in [4.69, 9.17) is 14.2 Å². The molecule has 2 aliphatic carbocycles. The third kappa shape index (κ3) is 4.24. The lowest BCUT2D eigenvalue weighted by atomic mass is 9.71. The molecule has 1 aromatic carbocycles. The third-order valence-electron chi connectivity index (χ3n) is 6.74. The van der Waals surface area contributed by atoms with Gasteiger partial charge in [-0.05, 0) is 51.5 Å². The van der Waals surface area contributed by atoms with E-state index in [0.717, 1.165) is 25.7 Å². The van der Waals surface area contributed by atoms with Crippen LogP contribution >= 0.6 is 0 Å². The van der Waals surface area contributed by atoms with Crippen molar-refractivity contribution in [2.75, 3.05) is 14.2 Å². The van der Waals surface area contributed by atoms with E-state index in [9.17, 15) is 19.7 Å². The first-order chi connectivity index (χ1) is 15.8. The van der Waals surface area contributed by atoms with Crippen LogP contribution < -0.4 is 9.47 Å². The molecule has 1 saturated carbocycles. The lowest BCUT2D eigenvalue weighted by molar-refractivity contribution is -0.385. The molecule has 1 aliphatic heterocycles. The summed E-state index contributed by atoms with van der Waals surface area (Å²) in [5, 5.41) is 12.1. The van der Waals surface area contributed by atoms with E-state index in [0.29, 0.717) is 36.2 Å². The van der Waals surface area contributed by atoms with Gasteiger partial charge in [-0.2, -0.15) is 0 Å². The van der Waals surface area contributed by atoms with Crippen LogP contribution in [0.3, 0.4) is 0 Å². The molecule has 0 saturated heterocycles. The van der Waals surface area contributed by atoms with Crippen LogP contribution in [-0.4, -0.2) is 42.7 Å². The average molecular weight is 456 g/mol. The van der Waals surface area contributed by atoms with Gasteiger partial charge < -0.3 is 14.2 Å². The molecule has 0 amide bonds. The predicted molar refractivity (Wildman–Crippen MR) is 120 cm³/mol. The summed E-state index contributed by atoms with van der Waals surface area (Å²) in [6, 6.07) is 2.78. The summed E-state index contributed by atoms with van der Waals surface area (Å²) in [5.74, 6) is -1.96. The van der Waals surface area contributed by atoms with Gasteiger partial charge in [0.2, 0.25) is 0 Å². The Morgan fingerprint density at radius 2 is 1.76 bits per heavy atom. The van der Waals surface area contributed by atoms with Crippen LogP contribution in [0, 0.1) is 16.0 Å². The van der Waals surface area contributed by atoms with Gasteiger partial charge in [0, 0.05) is 34.9 Å². The Labute approximate surface area is 192 Å². The summed E-state index contributed by atoms with van der Waals surface area (Å²) >= 11 is 0. The fraction of sp³-hybridized carbons (Fsp3) is 0.542. The molecular formula is C24H28N2O7. The lowest BCUT2D eigenvalue weighted by Crippen LogP contribution is -2.38. The molecule has 0 spiro atoms. The number of nitro benzene ring substituents is 1. The molecule has 0 N–H and O–H groups in total. The van der Waals surface area contributed by atoms with Crippen LogP contribution in [0.5, 0.6) is 11.5 Å². The van der Waals surface area contributed by atoms with Crippen molar-refractivity contribution in [1.82, 2.24) is 0 Å². The fourth-order valence-electron chi connectivity index (χ4n) is 5.18. The Bertz CT molecular complexity index is 1050. The van der Waals surface area contributed by atoms with E-state index in [-0.39, 0.29) is 34.6 Å². The first-order valence-electron chi connectivity index (χ1n) is 11.3. The van der Waals surface area contributed by atoms with Crippen LogP contribution in [0.25, 0.3) is 0 Å². The topological polar surface area (TPSA) is 117 Å². The summed E-state index contributed by atoms with van der Waals surface area (Å²) in [6.07, 6.45) is 4.96. The average Bonchev–Trinajstić information content (AvgIpc) is 3.30. The highest BCUT2D eigenvalue weighted by Gasteiger charge is 2.46. The highest BCUT2D eigenvalue weighted by molar-refractivity contribution is 6.09.